The monoisotopic (exact) mass is 350 g/mol. The summed E-state index contributed by atoms with van der Waals surface area (Å²) < 4.78 is 7.44. The molecule has 2 aromatic rings. The number of ether oxygens (including phenoxy) is 1. The van der Waals surface area contributed by atoms with E-state index < -0.39 is 18.4 Å². The third-order valence-electron chi connectivity index (χ3n) is 4.42. The molecule has 4 N–H and O–H groups in total. The van der Waals surface area contributed by atoms with Crippen LogP contribution in [0.4, 0.5) is 5.82 Å². The summed E-state index contributed by atoms with van der Waals surface area (Å²) in [7, 11) is 0. The van der Waals surface area contributed by atoms with Crippen LogP contribution in [0.25, 0.3) is 11.2 Å². The third-order valence-corrected chi connectivity index (χ3v) is 4.42. The Morgan fingerprint density at radius 1 is 1.28 bits per heavy atom. The maximum absolute atomic E-state index is 9.92. The van der Waals surface area contributed by atoms with Gasteiger partial charge in [-0.25, -0.2) is 20.4 Å². The van der Waals surface area contributed by atoms with E-state index >= 15 is 0 Å². The molecule has 0 spiro atoms. The van der Waals surface area contributed by atoms with E-state index in [4.69, 9.17) is 4.74 Å². The molecule has 3 rings (SSSR count). The van der Waals surface area contributed by atoms with Crippen molar-refractivity contribution in [2.24, 2.45) is 0 Å². The van der Waals surface area contributed by atoms with E-state index in [0.717, 1.165) is 13.0 Å². The number of imidazole rings is 1. The van der Waals surface area contributed by atoms with Gasteiger partial charge in [0.05, 0.1) is 19.0 Å². The average molecular weight is 350 g/mol. The second kappa shape index (κ2) is 8.52. The number of aliphatic hydroxyl groups excluding tert-OH is 2. The van der Waals surface area contributed by atoms with Gasteiger partial charge in [0.2, 0.25) is 0 Å². The number of aromatic nitrogens is 4. The lowest BCUT2D eigenvalue weighted by Gasteiger charge is -2.13. The number of hydrazine groups is 1. The van der Waals surface area contributed by atoms with Crippen LogP contribution < -0.4 is 10.9 Å². The fourth-order valence-electron chi connectivity index (χ4n) is 2.99. The lowest BCUT2D eigenvalue weighted by Crippen LogP contribution is -2.24. The minimum Gasteiger partial charge on any atom is -0.394 e. The number of nitrogens with zero attached hydrogens (tertiary/aromatic N) is 4. The molecular weight excluding hydrogens is 324 g/mol. The zero-order valence-electron chi connectivity index (χ0n) is 14.4. The SMILES string of the molecule is CCCCCCNNc1ncnc2c1ncn2[C@H]1C[C@H](O)[C@@H](CO)O1. The summed E-state index contributed by atoms with van der Waals surface area (Å²) in [5, 5.41) is 19.1. The Balaban J connectivity index is 1.66. The maximum atomic E-state index is 9.92. The van der Waals surface area contributed by atoms with Crippen molar-refractivity contribution in [3.05, 3.63) is 12.7 Å². The highest BCUT2D eigenvalue weighted by Crippen LogP contribution is 2.31. The summed E-state index contributed by atoms with van der Waals surface area (Å²) in [5.74, 6) is 0.608. The topological polar surface area (TPSA) is 117 Å². The van der Waals surface area contributed by atoms with Crippen molar-refractivity contribution in [1.29, 1.82) is 0 Å². The Bertz CT molecular complexity index is 679. The van der Waals surface area contributed by atoms with Gasteiger partial charge in [-0.15, -0.1) is 0 Å². The van der Waals surface area contributed by atoms with E-state index in [1.807, 2.05) is 0 Å². The van der Waals surface area contributed by atoms with Gasteiger partial charge < -0.3 is 20.4 Å². The lowest BCUT2D eigenvalue weighted by atomic mass is 10.2. The molecule has 25 heavy (non-hydrogen) atoms. The average Bonchev–Trinajstić information content (AvgIpc) is 3.21. The first-order valence-corrected chi connectivity index (χ1v) is 8.85. The van der Waals surface area contributed by atoms with Crippen LogP contribution in [0.5, 0.6) is 0 Å². The molecule has 1 aliphatic heterocycles. The highest BCUT2D eigenvalue weighted by molar-refractivity contribution is 5.82. The van der Waals surface area contributed by atoms with Crippen molar-refractivity contribution < 1.29 is 14.9 Å². The molecular formula is C16H26N6O3. The first kappa shape index (κ1) is 18.0. The van der Waals surface area contributed by atoms with Crippen LogP contribution in [-0.4, -0.2) is 55.1 Å². The largest absolute Gasteiger partial charge is 0.394 e. The zero-order chi connectivity index (χ0) is 17.6. The number of aliphatic hydroxyl groups is 2. The van der Waals surface area contributed by atoms with E-state index in [0.29, 0.717) is 23.4 Å². The molecule has 0 bridgehead atoms. The van der Waals surface area contributed by atoms with Crippen LogP contribution in [-0.2, 0) is 4.74 Å². The van der Waals surface area contributed by atoms with Crippen molar-refractivity contribution in [3.63, 3.8) is 0 Å². The van der Waals surface area contributed by atoms with E-state index in [2.05, 4.69) is 32.7 Å². The molecule has 0 aromatic carbocycles. The number of nitrogens with one attached hydrogen (secondary N) is 2. The van der Waals surface area contributed by atoms with Crippen LogP contribution in [0.15, 0.2) is 12.7 Å². The second-order valence-corrected chi connectivity index (χ2v) is 6.27. The van der Waals surface area contributed by atoms with E-state index in [9.17, 15) is 10.2 Å². The molecule has 0 unspecified atom stereocenters. The van der Waals surface area contributed by atoms with Gasteiger partial charge in [0.1, 0.15) is 18.7 Å². The Labute approximate surface area is 146 Å². The molecule has 0 aliphatic carbocycles. The van der Waals surface area contributed by atoms with Gasteiger partial charge in [0, 0.05) is 13.0 Å². The molecule has 9 nitrogen and oxygen atoms in total. The Morgan fingerprint density at radius 3 is 2.92 bits per heavy atom. The second-order valence-electron chi connectivity index (χ2n) is 6.27. The molecule has 0 saturated carbocycles. The van der Waals surface area contributed by atoms with Crippen LogP contribution in [0.2, 0.25) is 0 Å². The fourth-order valence-corrected chi connectivity index (χ4v) is 2.99. The van der Waals surface area contributed by atoms with E-state index in [-0.39, 0.29) is 6.61 Å². The van der Waals surface area contributed by atoms with Crippen molar-refractivity contribution in [3.8, 4) is 0 Å². The van der Waals surface area contributed by atoms with Gasteiger partial charge in [0.15, 0.2) is 17.0 Å². The standard InChI is InChI=1S/C16H26N6O3/c1-2-3-4-5-6-20-21-15-14-16(18-9-17-15)22(10-19-14)13-7-11(24)12(8-23)25-13/h9-13,20,23-24H,2-8H2,1H3,(H,17,18,21)/t11-,12+,13+/m0/s1. The highest BCUT2D eigenvalue weighted by atomic mass is 16.5. The predicted octanol–water partition coefficient (Wildman–Crippen LogP) is 0.964. The van der Waals surface area contributed by atoms with Gasteiger partial charge in [-0.05, 0) is 6.42 Å². The summed E-state index contributed by atoms with van der Waals surface area (Å²) >= 11 is 0. The van der Waals surface area contributed by atoms with Crippen molar-refractivity contribution in [1.82, 2.24) is 24.9 Å². The summed E-state index contributed by atoms with van der Waals surface area (Å²) in [5.41, 5.74) is 7.51. The minimum atomic E-state index is -0.698. The normalized spacial score (nSPS) is 23.4. The van der Waals surface area contributed by atoms with Crippen molar-refractivity contribution >= 4 is 17.0 Å². The van der Waals surface area contributed by atoms with E-state index in [1.165, 1.54) is 25.6 Å². The van der Waals surface area contributed by atoms with Crippen LogP contribution in [0, 0.1) is 0 Å². The molecule has 2 aromatic heterocycles. The van der Waals surface area contributed by atoms with Crippen LogP contribution in [0.3, 0.4) is 0 Å². The molecule has 1 aliphatic rings. The molecule has 138 valence electrons. The number of hydrogen-bond acceptors (Lipinski definition) is 8. The van der Waals surface area contributed by atoms with Crippen LogP contribution >= 0.6 is 0 Å². The van der Waals surface area contributed by atoms with Gasteiger partial charge in [0.25, 0.3) is 0 Å². The Morgan fingerprint density at radius 2 is 2.16 bits per heavy atom. The van der Waals surface area contributed by atoms with Gasteiger partial charge in [-0.1, -0.05) is 26.2 Å². The highest BCUT2D eigenvalue weighted by Gasteiger charge is 2.35. The number of anilines is 1. The van der Waals surface area contributed by atoms with E-state index in [1.54, 1.807) is 10.9 Å². The molecule has 0 amide bonds. The summed E-state index contributed by atoms with van der Waals surface area (Å²) in [6.45, 7) is 2.83. The van der Waals surface area contributed by atoms with Crippen LogP contribution in [0.1, 0.15) is 45.3 Å². The van der Waals surface area contributed by atoms with Gasteiger partial charge >= 0.3 is 0 Å². The Hall–Kier alpha value is -1.81. The Kier molecular flexibility index (Phi) is 6.14. The first-order chi connectivity index (χ1) is 12.2. The van der Waals surface area contributed by atoms with Gasteiger partial charge in [-0.3, -0.25) is 4.57 Å². The van der Waals surface area contributed by atoms with Crippen molar-refractivity contribution in [2.45, 2.75) is 57.5 Å². The summed E-state index contributed by atoms with van der Waals surface area (Å²) in [6.07, 6.45) is 6.56. The summed E-state index contributed by atoms with van der Waals surface area (Å²) in [4.78, 5) is 12.9. The molecule has 9 heteroatoms. The quantitative estimate of drug-likeness (QED) is 0.390. The molecule has 0 radical (unpaired) electrons. The predicted molar refractivity (Wildman–Crippen MR) is 92.7 cm³/mol. The number of unbranched alkanes of at least 4 members (excludes halogenated alkanes) is 3. The third kappa shape index (κ3) is 4.06. The maximum Gasteiger partial charge on any atom is 0.171 e. The number of hydrogen-bond donors (Lipinski definition) is 4. The van der Waals surface area contributed by atoms with Crippen molar-refractivity contribution in [2.75, 3.05) is 18.6 Å². The first-order valence-electron chi connectivity index (χ1n) is 8.85. The minimum absolute atomic E-state index is 0.214. The fraction of sp³-hybridized carbons (Fsp3) is 0.688. The molecule has 3 atom stereocenters. The molecule has 3 heterocycles. The summed E-state index contributed by atoms with van der Waals surface area (Å²) in [6, 6.07) is 0. The molecule has 1 fully saturated rings. The number of fused-ring (bicyclic) bond motifs is 1. The lowest BCUT2D eigenvalue weighted by molar-refractivity contribution is -0.0432. The smallest absolute Gasteiger partial charge is 0.171 e. The number of rotatable bonds is 9. The van der Waals surface area contributed by atoms with Gasteiger partial charge in [-0.2, -0.15) is 0 Å². The zero-order valence-corrected chi connectivity index (χ0v) is 14.4. The molecule has 1 saturated heterocycles.